The van der Waals surface area contributed by atoms with Gasteiger partial charge in [-0.05, 0) is 42.5 Å². The number of rotatable bonds is 5. The van der Waals surface area contributed by atoms with Crippen molar-refractivity contribution in [3.8, 4) is 16.9 Å². The number of hydrogen-bond acceptors (Lipinski definition) is 5. The summed E-state index contributed by atoms with van der Waals surface area (Å²) in [5, 5.41) is 5.44. The van der Waals surface area contributed by atoms with Gasteiger partial charge in [-0.3, -0.25) is 9.69 Å². The topological polar surface area (TPSA) is 51.3 Å². The van der Waals surface area contributed by atoms with E-state index in [1.807, 2.05) is 72.9 Å². The van der Waals surface area contributed by atoms with E-state index in [1.165, 1.54) is 11.8 Å². The average Bonchev–Trinajstić information content (AvgIpc) is 3.53. The van der Waals surface area contributed by atoms with E-state index in [0.29, 0.717) is 26.6 Å². The molecular weight excluding hydrogens is 462 g/mol. The summed E-state index contributed by atoms with van der Waals surface area (Å²) < 4.78 is 7.68. The first kappa shape index (κ1) is 20.8. The van der Waals surface area contributed by atoms with Crippen LogP contribution < -0.4 is 0 Å². The molecule has 3 heterocycles. The Hall–Kier alpha value is -3.13. The highest BCUT2D eigenvalue weighted by atomic mass is 35.5. The molecule has 5 rings (SSSR count). The van der Waals surface area contributed by atoms with Crippen LogP contribution >= 0.6 is 35.6 Å². The second-order valence-corrected chi connectivity index (χ2v) is 9.18. The molecule has 0 N–H and O–H groups in total. The summed E-state index contributed by atoms with van der Waals surface area (Å²) in [6.07, 6.45) is 5.34. The SMILES string of the molecule is O=C1/C(=C/c2cn(-c3ccccc3)nc2-c2ccc(Cl)cc2)SC(=S)N1Cc1ccco1. The Kier molecular flexibility index (Phi) is 5.70. The predicted molar refractivity (Wildman–Crippen MR) is 131 cm³/mol. The fourth-order valence-electron chi connectivity index (χ4n) is 3.37. The van der Waals surface area contributed by atoms with Crippen molar-refractivity contribution in [1.29, 1.82) is 0 Å². The van der Waals surface area contributed by atoms with Crippen molar-refractivity contribution in [3.63, 3.8) is 0 Å². The van der Waals surface area contributed by atoms with Gasteiger partial charge in [-0.2, -0.15) is 5.10 Å². The number of amides is 1. The molecule has 4 aromatic rings. The van der Waals surface area contributed by atoms with E-state index in [1.54, 1.807) is 21.9 Å². The third-order valence-electron chi connectivity index (χ3n) is 4.94. The molecule has 1 aliphatic rings. The van der Waals surface area contributed by atoms with Gasteiger partial charge in [0.1, 0.15) is 10.1 Å². The lowest BCUT2D eigenvalue weighted by molar-refractivity contribution is -0.122. The molecule has 2 aromatic heterocycles. The van der Waals surface area contributed by atoms with Crippen LogP contribution in [0.2, 0.25) is 5.02 Å². The van der Waals surface area contributed by atoms with Crippen LogP contribution in [0.3, 0.4) is 0 Å². The molecule has 1 amide bonds. The standard InChI is InChI=1S/C24H16ClN3O2S2/c25-18-10-8-16(9-11-18)22-17(14-28(26-22)19-5-2-1-3-6-19)13-21-23(29)27(24(31)32-21)15-20-7-4-12-30-20/h1-14H,15H2/b21-13-. The fraction of sp³-hybridized carbons (Fsp3) is 0.0417. The Balaban J connectivity index is 1.54. The van der Waals surface area contributed by atoms with Crippen LogP contribution in [0, 0.1) is 0 Å². The Bertz CT molecular complexity index is 1310. The number of hydrogen-bond donors (Lipinski definition) is 0. The van der Waals surface area contributed by atoms with Gasteiger partial charge in [0, 0.05) is 22.3 Å². The molecule has 0 unspecified atom stereocenters. The number of benzene rings is 2. The summed E-state index contributed by atoms with van der Waals surface area (Å²) in [5.74, 6) is 0.534. The number of nitrogens with zero attached hydrogens (tertiary/aromatic N) is 3. The van der Waals surface area contributed by atoms with E-state index >= 15 is 0 Å². The molecule has 32 heavy (non-hydrogen) atoms. The van der Waals surface area contributed by atoms with Gasteiger partial charge in [0.15, 0.2) is 0 Å². The van der Waals surface area contributed by atoms with Gasteiger partial charge in [0.2, 0.25) is 0 Å². The van der Waals surface area contributed by atoms with Gasteiger partial charge in [-0.15, -0.1) is 0 Å². The Morgan fingerprint density at radius 3 is 2.56 bits per heavy atom. The van der Waals surface area contributed by atoms with E-state index in [0.717, 1.165) is 22.5 Å². The van der Waals surface area contributed by atoms with E-state index < -0.39 is 0 Å². The zero-order valence-corrected chi connectivity index (χ0v) is 19.0. The lowest BCUT2D eigenvalue weighted by Gasteiger charge is -2.11. The Morgan fingerprint density at radius 1 is 1.06 bits per heavy atom. The second kappa shape index (κ2) is 8.78. The summed E-state index contributed by atoms with van der Waals surface area (Å²) in [4.78, 5) is 15.2. The van der Waals surface area contributed by atoms with Crippen LogP contribution in [-0.2, 0) is 11.3 Å². The molecule has 0 atom stereocenters. The average molecular weight is 478 g/mol. The summed E-state index contributed by atoms with van der Waals surface area (Å²) >= 11 is 12.8. The normalized spacial score (nSPS) is 15.2. The number of para-hydroxylation sites is 1. The Labute approximate surface area is 199 Å². The third kappa shape index (κ3) is 4.14. The molecule has 0 aliphatic carbocycles. The van der Waals surface area contributed by atoms with Crippen molar-refractivity contribution in [3.05, 3.63) is 100 Å². The summed E-state index contributed by atoms with van der Waals surface area (Å²) in [5.41, 5.74) is 3.39. The minimum atomic E-state index is -0.147. The molecule has 158 valence electrons. The highest BCUT2D eigenvalue weighted by molar-refractivity contribution is 8.26. The van der Waals surface area contributed by atoms with Gasteiger partial charge in [0.25, 0.3) is 5.91 Å². The zero-order chi connectivity index (χ0) is 22.1. The molecule has 1 saturated heterocycles. The Morgan fingerprint density at radius 2 is 1.84 bits per heavy atom. The number of thioether (sulfide) groups is 1. The van der Waals surface area contributed by atoms with Gasteiger partial charge < -0.3 is 4.42 Å². The maximum Gasteiger partial charge on any atom is 0.266 e. The minimum absolute atomic E-state index is 0.147. The summed E-state index contributed by atoms with van der Waals surface area (Å²) in [7, 11) is 0. The first-order valence-corrected chi connectivity index (χ1v) is 11.4. The molecule has 5 nitrogen and oxygen atoms in total. The lowest BCUT2D eigenvalue weighted by atomic mass is 10.1. The largest absolute Gasteiger partial charge is 0.467 e. The third-order valence-corrected chi connectivity index (χ3v) is 6.56. The first-order chi connectivity index (χ1) is 15.6. The molecule has 8 heteroatoms. The number of carbonyl (C=O) groups excluding carboxylic acids is 1. The summed E-state index contributed by atoms with van der Waals surface area (Å²) in [6, 6.07) is 20.9. The van der Waals surface area contributed by atoms with Crippen molar-refractivity contribution in [2.24, 2.45) is 0 Å². The molecular formula is C24H16ClN3O2S2. The molecule has 0 spiro atoms. The molecule has 2 aromatic carbocycles. The van der Waals surface area contributed by atoms with Gasteiger partial charge in [-0.25, -0.2) is 4.68 Å². The van der Waals surface area contributed by atoms with Crippen molar-refractivity contribution in [2.45, 2.75) is 6.54 Å². The van der Waals surface area contributed by atoms with Crippen LogP contribution in [0.25, 0.3) is 23.0 Å². The summed E-state index contributed by atoms with van der Waals surface area (Å²) in [6.45, 7) is 0.308. The predicted octanol–water partition coefficient (Wildman–Crippen LogP) is 6.19. The van der Waals surface area contributed by atoms with Crippen molar-refractivity contribution < 1.29 is 9.21 Å². The lowest BCUT2D eigenvalue weighted by Crippen LogP contribution is -2.27. The minimum Gasteiger partial charge on any atom is -0.467 e. The number of carbonyl (C=O) groups is 1. The number of thiocarbonyl (C=S) groups is 1. The van der Waals surface area contributed by atoms with E-state index in [2.05, 4.69) is 0 Å². The van der Waals surface area contributed by atoms with Crippen LogP contribution in [-0.4, -0.2) is 24.9 Å². The van der Waals surface area contributed by atoms with Crippen molar-refractivity contribution in [2.75, 3.05) is 0 Å². The quantitative estimate of drug-likeness (QED) is 0.253. The molecule has 1 fully saturated rings. The zero-order valence-electron chi connectivity index (χ0n) is 16.6. The van der Waals surface area contributed by atoms with Gasteiger partial charge >= 0.3 is 0 Å². The number of aromatic nitrogens is 2. The number of halogens is 1. The highest BCUT2D eigenvalue weighted by Gasteiger charge is 2.33. The number of furan rings is 1. The first-order valence-electron chi connectivity index (χ1n) is 9.77. The van der Waals surface area contributed by atoms with Gasteiger partial charge in [-0.1, -0.05) is 65.9 Å². The van der Waals surface area contributed by atoms with E-state index in [9.17, 15) is 4.79 Å². The van der Waals surface area contributed by atoms with E-state index in [-0.39, 0.29) is 5.91 Å². The fourth-order valence-corrected chi connectivity index (χ4v) is 4.75. The van der Waals surface area contributed by atoms with Crippen LogP contribution in [0.15, 0.2) is 88.5 Å². The maximum atomic E-state index is 13.1. The smallest absolute Gasteiger partial charge is 0.266 e. The molecule has 1 aliphatic heterocycles. The van der Waals surface area contributed by atoms with Crippen LogP contribution in [0.4, 0.5) is 0 Å². The molecule has 0 radical (unpaired) electrons. The van der Waals surface area contributed by atoms with Crippen LogP contribution in [0.1, 0.15) is 11.3 Å². The van der Waals surface area contributed by atoms with Crippen molar-refractivity contribution in [1.82, 2.24) is 14.7 Å². The maximum absolute atomic E-state index is 13.1. The highest BCUT2D eigenvalue weighted by Crippen LogP contribution is 2.35. The van der Waals surface area contributed by atoms with Gasteiger partial charge in [0.05, 0.1) is 29.1 Å². The monoisotopic (exact) mass is 477 g/mol. The van der Waals surface area contributed by atoms with Crippen molar-refractivity contribution >= 4 is 51.9 Å². The second-order valence-electron chi connectivity index (χ2n) is 7.07. The van der Waals surface area contributed by atoms with Crippen LogP contribution in [0.5, 0.6) is 0 Å². The molecule has 0 saturated carbocycles. The molecule has 0 bridgehead atoms. The van der Waals surface area contributed by atoms with E-state index in [4.69, 9.17) is 33.3 Å².